The minimum Gasteiger partial charge on any atom is -0.317 e. The second kappa shape index (κ2) is 4.52. The van der Waals surface area contributed by atoms with Gasteiger partial charge in [-0.05, 0) is 49.5 Å². The molecule has 2 aliphatic heterocycles. The second-order valence-electron chi connectivity index (χ2n) is 4.85. The molecule has 0 spiro atoms. The Hall–Kier alpha value is -0.930. The van der Waals surface area contributed by atoms with Crippen LogP contribution in [0.4, 0.5) is 0 Å². The van der Waals surface area contributed by atoms with E-state index in [1.165, 1.54) is 50.0 Å². The van der Waals surface area contributed by atoms with Crippen molar-refractivity contribution in [2.75, 3.05) is 19.6 Å². The summed E-state index contributed by atoms with van der Waals surface area (Å²) in [6.45, 7) is 4.71. The largest absolute Gasteiger partial charge is 0.317 e. The number of nitrogens with zero attached hydrogens (tertiary/aromatic N) is 2. The molecule has 3 rings (SSSR count). The zero-order chi connectivity index (χ0) is 10.8. The molecule has 0 saturated carbocycles. The molecule has 0 aromatic carbocycles. The van der Waals surface area contributed by atoms with Gasteiger partial charge in [0, 0.05) is 31.5 Å². The first-order valence-corrected chi connectivity index (χ1v) is 6.30. The Labute approximate surface area is 96.9 Å². The first-order chi connectivity index (χ1) is 7.93. The van der Waals surface area contributed by atoms with Crippen molar-refractivity contribution in [1.29, 1.82) is 0 Å². The summed E-state index contributed by atoms with van der Waals surface area (Å²) in [6.07, 6.45) is 7.74. The van der Waals surface area contributed by atoms with Gasteiger partial charge in [0.05, 0.1) is 0 Å². The van der Waals surface area contributed by atoms with Crippen molar-refractivity contribution >= 4 is 0 Å². The van der Waals surface area contributed by atoms with Crippen molar-refractivity contribution < 1.29 is 0 Å². The summed E-state index contributed by atoms with van der Waals surface area (Å²) in [6, 6.07) is 2.98. The fourth-order valence-electron chi connectivity index (χ4n) is 2.88. The van der Waals surface area contributed by atoms with Crippen molar-refractivity contribution in [1.82, 2.24) is 15.2 Å². The van der Waals surface area contributed by atoms with Crippen molar-refractivity contribution in [3.63, 3.8) is 0 Å². The van der Waals surface area contributed by atoms with Gasteiger partial charge in [-0.2, -0.15) is 0 Å². The van der Waals surface area contributed by atoms with Crippen molar-refractivity contribution in [3.8, 4) is 0 Å². The molecule has 0 radical (unpaired) electrons. The fourth-order valence-corrected chi connectivity index (χ4v) is 2.88. The maximum Gasteiger partial charge on any atom is 0.0303 e. The molecule has 0 amide bonds. The van der Waals surface area contributed by atoms with E-state index in [0.29, 0.717) is 0 Å². The van der Waals surface area contributed by atoms with E-state index in [0.717, 1.165) is 12.6 Å². The van der Waals surface area contributed by atoms with E-state index in [9.17, 15) is 0 Å². The third-order valence-corrected chi connectivity index (χ3v) is 3.87. The normalized spacial score (nSPS) is 23.0. The highest BCUT2D eigenvalue weighted by atomic mass is 15.2. The van der Waals surface area contributed by atoms with Gasteiger partial charge < -0.3 is 5.32 Å². The Balaban J connectivity index is 1.72. The molecule has 1 fully saturated rings. The number of nitrogens with one attached hydrogen (secondary N) is 1. The zero-order valence-electron chi connectivity index (χ0n) is 9.65. The van der Waals surface area contributed by atoms with Crippen LogP contribution in [-0.2, 0) is 13.0 Å². The van der Waals surface area contributed by atoms with Crippen LogP contribution in [0.15, 0.2) is 18.5 Å². The molecule has 0 atom stereocenters. The smallest absolute Gasteiger partial charge is 0.0303 e. The number of hydrogen-bond acceptors (Lipinski definition) is 3. The van der Waals surface area contributed by atoms with Crippen LogP contribution < -0.4 is 5.32 Å². The Bertz CT molecular complexity index is 358. The van der Waals surface area contributed by atoms with Gasteiger partial charge in [0.2, 0.25) is 0 Å². The van der Waals surface area contributed by atoms with Gasteiger partial charge in [0.15, 0.2) is 0 Å². The van der Waals surface area contributed by atoms with E-state index in [1.54, 1.807) is 0 Å². The van der Waals surface area contributed by atoms with Crippen LogP contribution in [0.2, 0.25) is 0 Å². The molecule has 16 heavy (non-hydrogen) atoms. The zero-order valence-corrected chi connectivity index (χ0v) is 9.65. The molecule has 1 saturated heterocycles. The molecule has 86 valence electrons. The lowest BCUT2D eigenvalue weighted by atomic mass is 9.97. The minimum atomic E-state index is 0.794. The Morgan fingerprint density at radius 1 is 1.25 bits per heavy atom. The first kappa shape index (κ1) is 10.2. The highest BCUT2D eigenvalue weighted by molar-refractivity contribution is 5.25. The minimum absolute atomic E-state index is 0.794. The molecular weight excluding hydrogens is 198 g/mol. The lowest BCUT2D eigenvalue weighted by Crippen LogP contribution is -2.45. The summed E-state index contributed by atoms with van der Waals surface area (Å²) in [5, 5.41) is 3.44. The topological polar surface area (TPSA) is 28.2 Å². The average molecular weight is 217 g/mol. The molecular formula is C13H19N3. The lowest BCUT2D eigenvalue weighted by Gasteiger charge is -2.37. The molecule has 3 heterocycles. The van der Waals surface area contributed by atoms with Crippen LogP contribution in [-0.4, -0.2) is 35.6 Å². The molecule has 3 nitrogen and oxygen atoms in total. The van der Waals surface area contributed by atoms with Gasteiger partial charge in [-0.3, -0.25) is 9.88 Å². The van der Waals surface area contributed by atoms with Crippen LogP contribution >= 0.6 is 0 Å². The predicted octanol–water partition coefficient (Wildman–Crippen LogP) is 1.19. The van der Waals surface area contributed by atoms with Crippen LogP contribution in [0.5, 0.6) is 0 Å². The first-order valence-electron chi connectivity index (χ1n) is 6.30. The standard InChI is InChI=1S/C13H19N3/c1-5-15-9-11-4-8-16(10-12(1)11)13-2-6-14-7-3-13/h1,5,9,13-14H,2-4,6-8,10H2. The van der Waals surface area contributed by atoms with Crippen molar-refractivity contribution in [2.45, 2.75) is 31.8 Å². The number of fused-ring (bicyclic) bond motifs is 1. The van der Waals surface area contributed by atoms with Gasteiger partial charge in [-0.25, -0.2) is 0 Å². The van der Waals surface area contributed by atoms with E-state index in [-0.39, 0.29) is 0 Å². The Morgan fingerprint density at radius 2 is 2.12 bits per heavy atom. The molecule has 0 unspecified atom stereocenters. The highest BCUT2D eigenvalue weighted by Gasteiger charge is 2.24. The van der Waals surface area contributed by atoms with E-state index < -0.39 is 0 Å². The molecule has 2 aliphatic rings. The van der Waals surface area contributed by atoms with Gasteiger partial charge in [-0.15, -0.1) is 0 Å². The van der Waals surface area contributed by atoms with E-state index in [1.807, 2.05) is 12.4 Å². The summed E-state index contributed by atoms with van der Waals surface area (Å²) in [4.78, 5) is 6.86. The monoisotopic (exact) mass is 217 g/mol. The van der Waals surface area contributed by atoms with Crippen LogP contribution in [0.1, 0.15) is 24.0 Å². The van der Waals surface area contributed by atoms with Gasteiger partial charge in [-0.1, -0.05) is 0 Å². The number of piperidine rings is 1. The van der Waals surface area contributed by atoms with Crippen LogP contribution in [0.3, 0.4) is 0 Å². The summed E-state index contributed by atoms with van der Waals surface area (Å²) in [5.74, 6) is 0. The highest BCUT2D eigenvalue weighted by Crippen LogP contribution is 2.22. The van der Waals surface area contributed by atoms with E-state index in [4.69, 9.17) is 0 Å². The Morgan fingerprint density at radius 3 is 3.00 bits per heavy atom. The van der Waals surface area contributed by atoms with Crippen molar-refractivity contribution in [2.24, 2.45) is 0 Å². The van der Waals surface area contributed by atoms with E-state index in [2.05, 4.69) is 21.3 Å². The molecule has 1 N–H and O–H groups in total. The van der Waals surface area contributed by atoms with Gasteiger partial charge in [0.1, 0.15) is 0 Å². The molecule has 1 aromatic rings. The maximum atomic E-state index is 4.21. The molecule has 3 heteroatoms. The quantitative estimate of drug-likeness (QED) is 0.766. The van der Waals surface area contributed by atoms with Gasteiger partial charge >= 0.3 is 0 Å². The molecule has 0 bridgehead atoms. The molecule has 1 aromatic heterocycles. The maximum absolute atomic E-state index is 4.21. The van der Waals surface area contributed by atoms with Crippen LogP contribution in [0, 0.1) is 0 Å². The third kappa shape index (κ3) is 1.97. The average Bonchev–Trinajstić information content (AvgIpc) is 2.39. The summed E-state index contributed by atoms with van der Waals surface area (Å²) in [5.41, 5.74) is 2.94. The predicted molar refractivity (Wildman–Crippen MR) is 64.2 cm³/mol. The van der Waals surface area contributed by atoms with Crippen LogP contribution in [0.25, 0.3) is 0 Å². The summed E-state index contributed by atoms with van der Waals surface area (Å²) >= 11 is 0. The number of hydrogen-bond donors (Lipinski definition) is 1. The SMILES string of the molecule is c1cc2c(cn1)CCN(C1CCNCC1)C2. The second-order valence-corrected chi connectivity index (χ2v) is 4.85. The third-order valence-electron chi connectivity index (χ3n) is 3.87. The number of pyridine rings is 1. The van der Waals surface area contributed by atoms with Gasteiger partial charge in [0.25, 0.3) is 0 Å². The number of rotatable bonds is 1. The molecule has 0 aliphatic carbocycles. The fraction of sp³-hybridized carbons (Fsp3) is 0.615. The lowest BCUT2D eigenvalue weighted by molar-refractivity contribution is 0.147. The van der Waals surface area contributed by atoms with E-state index >= 15 is 0 Å². The summed E-state index contributed by atoms with van der Waals surface area (Å²) < 4.78 is 0. The summed E-state index contributed by atoms with van der Waals surface area (Å²) in [7, 11) is 0. The number of aromatic nitrogens is 1. The van der Waals surface area contributed by atoms with Crippen molar-refractivity contribution in [3.05, 3.63) is 29.6 Å². The Kier molecular flexibility index (Phi) is 2.89.